The van der Waals surface area contributed by atoms with Crippen LogP contribution in [-0.2, 0) is 15.6 Å². The van der Waals surface area contributed by atoms with Crippen LogP contribution in [0.3, 0.4) is 0 Å². The minimum atomic E-state index is -3.66. The van der Waals surface area contributed by atoms with Gasteiger partial charge in [-0.1, -0.05) is 85.3 Å². The van der Waals surface area contributed by atoms with Gasteiger partial charge in [-0.25, -0.2) is 13.1 Å². The van der Waals surface area contributed by atoms with Crippen LogP contribution in [-0.4, -0.2) is 20.1 Å². The Kier molecular flexibility index (Phi) is 5.98. The van der Waals surface area contributed by atoms with Crippen molar-refractivity contribution >= 4 is 10.0 Å². The van der Waals surface area contributed by atoms with Crippen LogP contribution in [0.5, 0.6) is 0 Å². The fourth-order valence-electron chi connectivity index (χ4n) is 3.30. The van der Waals surface area contributed by atoms with Crippen LogP contribution < -0.4 is 4.72 Å². The third-order valence-corrected chi connectivity index (χ3v) is 6.49. The molecule has 0 bridgehead atoms. The lowest BCUT2D eigenvalue weighted by molar-refractivity contribution is 0.0262. The average molecular weight is 396 g/mol. The van der Waals surface area contributed by atoms with Crippen LogP contribution in [0.4, 0.5) is 0 Å². The van der Waals surface area contributed by atoms with E-state index in [1.165, 1.54) is 0 Å². The Hall–Kier alpha value is -2.47. The van der Waals surface area contributed by atoms with Gasteiger partial charge in [0.05, 0.1) is 4.90 Å². The number of sulfonamides is 1. The number of aliphatic hydroxyl groups is 1. The van der Waals surface area contributed by atoms with Crippen molar-refractivity contribution in [3.05, 3.63) is 102 Å². The molecular weight excluding hydrogens is 370 g/mol. The van der Waals surface area contributed by atoms with Crippen LogP contribution in [0.2, 0.25) is 0 Å². The minimum absolute atomic E-state index is 0.0937. The summed E-state index contributed by atoms with van der Waals surface area (Å²) in [5, 5.41) is 11.7. The summed E-state index contributed by atoms with van der Waals surface area (Å²) >= 11 is 0. The predicted molar refractivity (Wildman–Crippen MR) is 111 cm³/mol. The molecule has 0 fully saturated rings. The number of nitrogens with one attached hydrogen (secondary N) is 1. The maximum Gasteiger partial charge on any atom is 0.240 e. The van der Waals surface area contributed by atoms with Crippen molar-refractivity contribution < 1.29 is 13.5 Å². The topological polar surface area (TPSA) is 66.4 Å². The second kappa shape index (κ2) is 8.27. The molecule has 4 nitrogen and oxygen atoms in total. The van der Waals surface area contributed by atoms with Crippen molar-refractivity contribution in [2.75, 3.05) is 6.54 Å². The molecule has 0 radical (unpaired) electrons. The lowest BCUT2D eigenvalue weighted by Crippen LogP contribution is -2.41. The van der Waals surface area contributed by atoms with Gasteiger partial charge in [-0.05, 0) is 30.2 Å². The summed E-state index contributed by atoms with van der Waals surface area (Å²) in [5.41, 5.74) is 1.12. The molecule has 3 rings (SSSR count). The van der Waals surface area contributed by atoms with E-state index in [9.17, 15) is 13.5 Å². The highest BCUT2D eigenvalue weighted by Gasteiger charge is 2.38. The second-order valence-electron chi connectivity index (χ2n) is 7.06. The van der Waals surface area contributed by atoms with Gasteiger partial charge in [0.15, 0.2) is 0 Å². The zero-order valence-corrected chi connectivity index (χ0v) is 16.9. The highest BCUT2D eigenvalue weighted by molar-refractivity contribution is 7.89. The molecule has 0 spiro atoms. The lowest BCUT2D eigenvalue weighted by atomic mass is 9.77. The quantitative estimate of drug-likeness (QED) is 0.639. The number of rotatable bonds is 7. The maximum atomic E-state index is 12.7. The number of aryl methyl sites for hydroxylation is 1. The highest BCUT2D eigenvalue weighted by atomic mass is 32.2. The maximum absolute atomic E-state index is 12.7. The zero-order chi connectivity index (χ0) is 20.2. The summed E-state index contributed by atoms with van der Waals surface area (Å²) in [5.74, 6) is -0.405. The van der Waals surface area contributed by atoms with Gasteiger partial charge in [0, 0.05) is 12.5 Å². The Morgan fingerprint density at radius 2 is 1.32 bits per heavy atom. The molecule has 0 saturated heterocycles. The van der Waals surface area contributed by atoms with Crippen LogP contribution in [0, 0.1) is 12.8 Å². The van der Waals surface area contributed by atoms with E-state index in [-0.39, 0.29) is 11.4 Å². The Morgan fingerprint density at radius 3 is 1.79 bits per heavy atom. The summed E-state index contributed by atoms with van der Waals surface area (Å²) in [6, 6.07) is 25.4. The van der Waals surface area contributed by atoms with Gasteiger partial charge in [-0.3, -0.25) is 0 Å². The molecule has 0 aliphatic heterocycles. The lowest BCUT2D eigenvalue weighted by Gasteiger charge is -2.35. The molecule has 0 aromatic heterocycles. The molecule has 0 aliphatic carbocycles. The van der Waals surface area contributed by atoms with E-state index in [2.05, 4.69) is 4.72 Å². The van der Waals surface area contributed by atoms with Gasteiger partial charge < -0.3 is 5.11 Å². The normalized spacial score (nSPS) is 13.2. The van der Waals surface area contributed by atoms with Gasteiger partial charge in [-0.15, -0.1) is 0 Å². The van der Waals surface area contributed by atoms with Crippen molar-refractivity contribution in [1.29, 1.82) is 0 Å². The largest absolute Gasteiger partial charge is 0.380 e. The van der Waals surface area contributed by atoms with E-state index in [4.69, 9.17) is 0 Å². The molecule has 1 unspecified atom stereocenters. The molecule has 0 aliphatic rings. The van der Waals surface area contributed by atoms with Crippen LogP contribution >= 0.6 is 0 Å². The van der Waals surface area contributed by atoms with Crippen LogP contribution in [0.25, 0.3) is 0 Å². The number of hydrogen-bond donors (Lipinski definition) is 2. The van der Waals surface area contributed by atoms with E-state index in [0.29, 0.717) is 0 Å². The minimum Gasteiger partial charge on any atom is -0.380 e. The SMILES string of the molecule is Cc1ccc(S(=O)(=O)NCC(C)C(O)(c2ccccc2)c2ccccc2)cc1. The van der Waals surface area contributed by atoms with Crippen LogP contribution in [0.15, 0.2) is 89.8 Å². The Labute approximate surface area is 166 Å². The van der Waals surface area contributed by atoms with Crippen molar-refractivity contribution in [3.8, 4) is 0 Å². The molecule has 1 atom stereocenters. The molecule has 2 N–H and O–H groups in total. The van der Waals surface area contributed by atoms with Crippen molar-refractivity contribution in [2.45, 2.75) is 24.3 Å². The summed E-state index contributed by atoms with van der Waals surface area (Å²) in [6.07, 6.45) is 0. The van der Waals surface area contributed by atoms with E-state index < -0.39 is 21.5 Å². The molecular formula is C23H25NO3S. The first-order chi connectivity index (χ1) is 13.3. The second-order valence-corrected chi connectivity index (χ2v) is 8.83. The van der Waals surface area contributed by atoms with Crippen molar-refractivity contribution in [1.82, 2.24) is 4.72 Å². The van der Waals surface area contributed by atoms with Gasteiger partial charge in [0.1, 0.15) is 5.60 Å². The molecule has 0 heterocycles. The molecule has 0 saturated carbocycles. The number of hydrogen-bond acceptors (Lipinski definition) is 3. The summed E-state index contributed by atoms with van der Waals surface area (Å²) in [7, 11) is -3.66. The highest BCUT2D eigenvalue weighted by Crippen LogP contribution is 2.36. The summed E-state index contributed by atoms with van der Waals surface area (Å²) in [6.45, 7) is 3.85. The summed E-state index contributed by atoms with van der Waals surface area (Å²) in [4.78, 5) is 0.216. The van der Waals surface area contributed by atoms with E-state index >= 15 is 0 Å². The summed E-state index contributed by atoms with van der Waals surface area (Å²) < 4.78 is 28.0. The Balaban J connectivity index is 1.88. The first kappa shape index (κ1) is 20.3. The Bertz CT molecular complexity index is 961. The van der Waals surface area contributed by atoms with Gasteiger partial charge in [-0.2, -0.15) is 0 Å². The fourth-order valence-corrected chi connectivity index (χ4v) is 4.43. The van der Waals surface area contributed by atoms with Gasteiger partial charge in [0.25, 0.3) is 0 Å². The van der Waals surface area contributed by atoms with E-state index in [0.717, 1.165) is 16.7 Å². The van der Waals surface area contributed by atoms with Crippen molar-refractivity contribution in [2.24, 2.45) is 5.92 Å². The molecule has 146 valence electrons. The standard InChI is InChI=1S/C23H25NO3S/c1-18-13-15-22(16-14-18)28(26,27)24-17-19(2)23(25,20-9-5-3-6-10-20)21-11-7-4-8-12-21/h3-16,19,24-25H,17H2,1-2H3. The molecule has 0 amide bonds. The third kappa shape index (κ3) is 4.17. The van der Waals surface area contributed by atoms with Gasteiger partial charge >= 0.3 is 0 Å². The smallest absolute Gasteiger partial charge is 0.240 e. The van der Waals surface area contributed by atoms with Gasteiger partial charge in [0.2, 0.25) is 10.0 Å². The first-order valence-electron chi connectivity index (χ1n) is 9.24. The molecule has 5 heteroatoms. The van der Waals surface area contributed by atoms with Crippen LogP contribution in [0.1, 0.15) is 23.6 Å². The Morgan fingerprint density at radius 1 is 0.857 bits per heavy atom. The molecule has 3 aromatic rings. The molecule has 28 heavy (non-hydrogen) atoms. The first-order valence-corrected chi connectivity index (χ1v) is 10.7. The fraction of sp³-hybridized carbons (Fsp3) is 0.217. The average Bonchev–Trinajstić information content (AvgIpc) is 2.73. The number of benzene rings is 3. The van der Waals surface area contributed by atoms with E-state index in [1.54, 1.807) is 24.3 Å². The monoisotopic (exact) mass is 395 g/mol. The predicted octanol–water partition coefficient (Wildman–Crippen LogP) is 3.85. The van der Waals surface area contributed by atoms with Crippen molar-refractivity contribution in [3.63, 3.8) is 0 Å². The van der Waals surface area contributed by atoms with E-state index in [1.807, 2.05) is 74.5 Å². The molecule has 3 aromatic carbocycles. The third-order valence-electron chi connectivity index (χ3n) is 5.05. The zero-order valence-electron chi connectivity index (χ0n) is 16.0.